The molecule has 0 bridgehead atoms. The zero-order valence-electron chi connectivity index (χ0n) is 11.2. The first kappa shape index (κ1) is 13.4. The molecule has 0 aromatic carbocycles. The highest BCUT2D eigenvalue weighted by Gasteiger charge is 2.28. The minimum absolute atomic E-state index is 0.0951. The Balaban J connectivity index is 1.68. The fourth-order valence-corrected chi connectivity index (χ4v) is 2.89. The third-order valence-corrected chi connectivity index (χ3v) is 3.88. The van der Waals surface area contributed by atoms with E-state index in [0.717, 1.165) is 32.0 Å². The summed E-state index contributed by atoms with van der Waals surface area (Å²) in [5.74, 6) is 0. The van der Waals surface area contributed by atoms with Crippen LogP contribution in [-0.2, 0) is 4.84 Å². The van der Waals surface area contributed by atoms with E-state index in [1.807, 2.05) is 6.92 Å². The average molecular weight is 256 g/mol. The van der Waals surface area contributed by atoms with Gasteiger partial charge >= 0.3 is 0 Å². The SMILES string of the molecule is CCN/[N+]([O-])=N/OC1CCN(C2CCCC2)CC1. The molecule has 2 aliphatic rings. The maximum absolute atomic E-state index is 11.1. The van der Waals surface area contributed by atoms with E-state index in [-0.39, 0.29) is 6.10 Å². The zero-order chi connectivity index (χ0) is 12.8. The summed E-state index contributed by atoms with van der Waals surface area (Å²) in [6.45, 7) is 4.55. The molecule has 0 unspecified atom stereocenters. The molecule has 0 atom stereocenters. The number of hydrogen-bond donors (Lipinski definition) is 1. The monoisotopic (exact) mass is 256 g/mol. The van der Waals surface area contributed by atoms with Crippen molar-refractivity contribution < 1.29 is 9.81 Å². The first-order chi connectivity index (χ1) is 8.79. The Morgan fingerprint density at radius 1 is 1.28 bits per heavy atom. The maximum Gasteiger partial charge on any atom is 0.233 e. The van der Waals surface area contributed by atoms with Gasteiger partial charge in [-0.3, -0.25) is 0 Å². The Morgan fingerprint density at radius 3 is 2.56 bits per heavy atom. The van der Waals surface area contributed by atoms with Crippen molar-refractivity contribution in [2.24, 2.45) is 5.28 Å². The summed E-state index contributed by atoms with van der Waals surface area (Å²) < 4.78 is 0. The summed E-state index contributed by atoms with van der Waals surface area (Å²) in [7, 11) is 0. The Hall–Kier alpha value is -1.04. The van der Waals surface area contributed by atoms with Crippen molar-refractivity contribution in [2.45, 2.75) is 57.6 Å². The molecule has 18 heavy (non-hydrogen) atoms. The van der Waals surface area contributed by atoms with Crippen molar-refractivity contribution >= 4 is 0 Å². The van der Waals surface area contributed by atoms with E-state index < -0.39 is 0 Å². The molecule has 0 radical (unpaired) electrons. The predicted octanol–water partition coefficient (Wildman–Crippen LogP) is 1.81. The van der Waals surface area contributed by atoms with Crippen LogP contribution in [0, 0.1) is 5.21 Å². The van der Waals surface area contributed by atoms with Crippen molar-refractivity contribution in [3.63, 3.8) is 0 Å². The van der Waals surface area contributed by atoms with Gasteiger partial charge in [0.25, 0.3) is 0 Å². The summed E-state index contributed by atoms with van der Waals surface area (Å²) in [6, 6.07) is 0.792. The van der Waals surface area contributed by atoms with Gasteiger partial charge < -0.3 is 14.9 Å². The van der Waals surface area contributed by atoms with E-state index in [0.29, 0.717) is 11.5 Å². The highest BCUT2D eigenvalue weighted by atomic mass is 16.7. The molecule has 1 saturated carbocycles. The van der Waals surface area contributed by atoms with Gasteiger partial charge in [-0.1, -0.05) is 12.8 Å². The third kappa shape index (κ3) is 3.73. The van der Waals surface area contributed by atoms with Gasteiger partial charge in [-0.25, -0.2) is 0 Å². The minimum Gasteiger partial charge on any atom is -0.569 e. The van der Waals surface area contributed by atoms with Crippen molar-refractivity contribution in [3.8, 4) is 0 Å². The highest BCUT2D eigenvalue weighted by Crippen LogP contribution is 2.26. The fraction of sp³-hybridized carbons (Fsp3) is 1.00. The van der Waals surface area contributed by atoms with E-state index in [1.165, 1.54) is 25.7 Å². The van der Waals surface area contributed by atoms with Gasteiger partial charge in [0.2, 0.25) is 5.28 Å². The molecule has 1 aliphatic heterocycles. The first-order valence-electron chi connectivity index (χ1n) is 7.11. The van der Waals surface area contributed by atoms with Crippen LogP contribution in [0.3, 0.4) is 0 Å². The lowest BCUT2D eigenvalue weighted by Gasteiger charge is -2.34. The molecule has 2 fully saturated rings. The van der Waals surface area contributed by atoms with Crippen LogP contribution in [0.15, 0.2) is 5.28 Å². The molecular weight excluding hydrogens is 232 g/mol. The van der Waals surface area contributed by atoms with Gasteiger partial charge in [0.15, 0.2) is 0 Å². The Labute approximate surface area is 108 Å². The van der Waals surface area contributed by atoms with Crippen LogP contribution in [-0.4, -0.2) is 41.6 Å². The molecule has 1 aliphatic carbocycles. The van der Waals surface area contributed by atoms with Crippen LogP contribution in [0.5, 0.6) is 0 Å². The Bertz CT molecular complexity index is 271. The van der Waals surface area contributed by atoms with Crippen molar-refractivity contribution in [1.29, 1.82) is 0 Å². The molecule has 0 aromatic rings. The molecular formula is C12H24N4O2. The standard InChI is InChI=1S/C12H24N4O2/c1-2-13-16(17)14-18-12-7-9-15(10-8-12)11-5-3-4-6-11/h11-12H,2-10H2,1H3,(H,13,14). The number of hydrogen-bond acceptors (Lipinski definition) is 4. The molecule has 104 valence electrons. The Kier molecular flexibility index (Phi) is 5.04. The van der Waals surface area contributed by atoms with E-state index in [4.69, 9.17) is 4.84 Å². The topological polar surface area (TPSA) is 62.9 Å². The lowest BCUT2D eigenvalue weighted by Crippen LogP contribution is -2.42. The smallest absolute Gasteiger partial charge is 0.233 e. The number of rotatable bonds is 5. The predicted molar refractivity (Wildman–Crippen MR) is 67.7 cm³/mol. The molecule has 0 spiro atoms. The van der Waals surface area contributed by atoms with Crippen molar-refractivity contribution in [1.82, 2.24) is 10.3 Å². The first-order valence-corrected chi connectivity index (χ1v) is 7.11. The molecule has 6 heteroatoms. The Morgan fingerprint density at radius 2 is 1.94 bits per heavy atom. The van der Waals surface area contributed by atoms with Gasteiger partial charge in [-0.15, -0.1) is 0 Å². The summed E-state index contributed by atoms with van der Waals surface area (Å²) in [5.41, 5.74) is 2.51. The van der Waals surface area contributed by atoms with Gasteiger partial charge in [-0.2, -0.15) is 5.43 Å². The van der Waals surface area contributed by atoms with Crippen LogP contribution in [0.25, 0.3) is 0 Å². The van der Waals surface area contributed by atoms with Gasteiger partial charge in [0.1, 0.15) is 6.10 Å². The normalized spacial score (nSPS) is 24.4. The maximum atomic E-state index is 11.1. The van der Waals surface area contributed by atoms with E-state index >= 15 is 0 Å². The van der Waals surface area contributed by atoms with Crippen LogP contribution in [0.4, 0.5) is 0 Å². The zero-order valence-corrected chi connectivity index (χ0v) is 11.2. The average Bonchev–Trinajstić information content (AvgIpc) is 2.91. The third-order valence-electron chi connectivity index (χ3n) is 3.88. The van der Waals surface area contributed by atoms with Gasteiger partial charge in [0, 0.05) is 19.1 Å². The molecule has 1 N–H and O–H groups in total. The van der Waals surface area contributed by atoms with Gasteiger partial charge in [0.05, 0.1) is 11.5 Å². The van der Waals surface area contributed by atoms with Crippen LogP contribution < -0.4 is 5.43 Å². The lowest BCUT2D eigenvalue weighted by molar-refractivity contribution is -0.615. The minimum atomic E-state index is 0.0951. The van der Waals surface area contributed by atoms with Crippen molar-refractivity contribution in [2.75, 3.05) is 19.6 Å². The molecule has 2 rings (SSSR count). The fourth-order valence-electron chi connectivity index (χ4n) is 2.89. The number of nitrogens with one attached hydrogen (secondary N) is 1. The molecule has 0 amide bonds. The van der Waals surface area contributed by atoms with Crippen molar-refractivity contribution in [3.05, 3.63) is 5.21 Å². The second-order valence-electron chi connectivity index (χ2n) is 5.15. The van der Waals surface area contributed by atoms with Gasteiger partial charge in [-0.05, 0) is 32.6 Å². The van der Waals surface area contributed by atoms with Crippen LogP contribution in [0.2, 0.25) is 0 Å². The molecule has 6 nitrogen and oxygen atoms in total. The van der Waals surface area contributed by atoms with E-state index in [9.17, 15) is 5.21 Å². The second-order valence-corrected chi connectivity index (χ2v) is 5.15. The van der Waals surface area contributed by atoms with E-state index in [2.05, 4.69) is 15.6 Å². The number of nitrogens with zero attached hydrogens (tertiary/aromatic N) is 3. The largest absolute Gasteiger partial charge is 0.569 e. The molecule has 1 heterocycles. The summed E-state index contributed by atoms with van der Waals surface area (Å²) in [5, 5.41) is 14.6. The quantitative estimate of drug-likeness (QED) is 0.463. The van der Waals surface area contributed by atoms with Crippen LogP contribution >= 0.6 is 0 Å². The second kappa shape index (κ2) is 6.78. The number of likely N-dealkylation sites (tertiary alicyclic amines) is 1. The summed E-state index contributed by atoms with van der Waals surface area (Å²) in [4.78, 5) is 8.24. The summed E-state index contributed by atoms with van der Waals surface area (Å²) >= 11 is 0. The number of hydrazine groups is 1. The van der Waals surface area contributed by atoms with Crippen LogP contribution in [0.1, 0.15) is 45.4 Å². The van der Waals surface area contributed by atoms with E-state index in [1.54, 1.807) is 0 Å². The molecule has 1 saturated heterocycles. The summed E-state index contributed by atoms with van der Waals surface area (Å²) in [6.07, 6.45) is 7.50. The lowest BCUT2D eigenvalue weighted by atomic mass is 10.1. The highest BCUT2D eigenvalue weighted by molar-refractivity contribution is 4.81. The number of piperidine rings is 1. The molecule has 0 aromatic heterocycles.